The van der Waals surface area contributed by atoms with E-state index in [-0.39, 0.29) is 17.4 Å². The Labute approximate surface area is 178 Å². The van der Waals surface area contributed by atoms with Crippen molar-refractivity contribution < 1.29 is 22.3 Å². The van der Waals surface area contributed by atoms with Crippen LogP contribution in [0.5, 0.6) is 5.75 Å². The molecule has 1 N–H and O–H groups in total. The van der Waals surface area contributed by atoms with Gasteiger partial charge in [-0.05, 0) is 37.4 Å². The van der Waals surface area contributed by atoms with E-state index in [2.05, 4.69) is 15.2 Å². The highest BCUT2D eigenvalue weighted by atomic mass is 19.4. The van der Waals surface area contributed by atoms with E-state index in [9.17, 15) is 13.2 Å². The summed E-state index contributed by atoms with van der Waals surface area (Å²) in [6, 6.07) is 11.6. The van der Waals surface area contributed by atoms with Crippen LogP contribution >= 0.6 is 0 Å². The zero-order valence-electron chi connectivity index (χ0n) is 17.2. The number of piperazine rings is 1. The molecule has 0 unspecified atom stereocenters. The lowest BCUT2D eigenvalue weighted by molar-refractivity contribution is -0.137. The van der Waals surface area contributed by atoms with Gasteiger partial charge in [0.1, 0.15) is 5.75 Å². The van der Waals surface area contributed by atoms with Gasteiger partial charge in [0, 0.05) is 43.1 Å². The van der Waals surface area contributed by atoms with Gasteiger partial charge in [-0.1, -0.05) is 12.1 Å². The number of alkyl halides is 3. The van der Waals surface area contributed by atoms with Crippen LogP contribution in [0.3, 0.4) is 0 Å². The van der Waals surface area contributed by atoms with Crippen LogP contribution in [-0.2, 0) is 6.18 Å². The van der Waals surface area contributed by atoms with Crippen molar-refractivity contribution in [2.75, 3.05) is 50.6 Å². The van der Waals surface area contributed by atoms with Crippen LogP contribution in [0.25, 0.3) is 11.3 Å². The van der Waals surface area contributed by atoms with Gasteiger partial charge in [0.15, 0.2) is 5.76 Å². The Kier molecular flexibility index (Phi) is 5.77. The van der Waals surface area contributed by atoms with Gasteiger partial charge in [-0.2, -0.15) is 13.2 Å². The number of nitrogens with one attached hydrogen (secondary N) is 1. The lowest BCUT2D eigenvalue weighted by atomic mass is 10.1. The van der Waals surface area contributed by atoms with Crippen molar-refractivity contribution in [1.82, 2.24) is 9.88 Å². The zero-order valence-corrected chi connectivity index (χ0v) is 17.2. The maximum Gasteiger partial charge on any atom is 0.418 e. The summed E-state index contributed by atoms with van der Waals surface area (Å²) in [5, 5.41) is 2.84. The third-order valence-electron chi connectivity index (χ3n) is 5.26. The van der Waals surface area contributed by atoms with Gasteiger partial charge < -0.3 is 24.3 Å². The Bertz CT molecular complexity index is 1040. The van der Waals surface area contributed by atoms with Crippen molar-refractivity contribution in [3.05, 3.63) is 54.2 Å². The SMILES string of the molecule is COc1cccc(-c2cnc(Nc3ccc(N4CCN(C)CC4)c(C(F)(F)F)c3)o2)c1. The fourth-order valence-corrected chi connectivity index (χ4v) is 3.53. The molecule has 164 valence electrons. The molecule has 3 aromatic rings. The largest absolute Gasteiger partial charge is 0.497 e. The maximum absolute atomic E-state index is 13.8. The van der Waals surface area contributed by atoms with Crippen molar-refractivity contribution in [2.24, 2.45) is 0 Å². The van der Waals surface area contributed by atoms with Gasteiger partial charge in [0.25, 0.3) is 6.01 Å². The number of likely N-dealkylation sites (N-methyl/N-ethyl adjacent to an activating group) is 1. The molecule has 31 heavy (non-hydrogen) atoms. The maximum atomic E-state index is 13.8. The fraction of sp³-hybridized carbons (Fsp3) is 0.318. The summed E-state index contributed by atoms with van der Waals surface area (Å²) >= 11 is 0. The standard InChI is InChI=1S/C22H23F3N4O2/c1-28-8-10-29(11-9-28)19-7-6-16(13-18(19)22(23,24)25)27-21-26-14-20(31-21)15-4-3-5-17(12-15)30-2/h3-7,12-14H,8-11H2,1-2H3,(H,26,27). The summed E-state index contributed by atoms with van der Waals surface area (Å²) in [5.74, 6) is 1.14. The summed E-state index contributed by atoms with van der Waals surface area (Å²) in [5.41, 5.74) is 0.516. The van der Waals surface area contributed by atoms with Crippen LogP contribution < -0.4 is 15.0 Å². The normalized spacial score (nSPS) is 15.2. The highest BCUT2D eigenvalue weighted by Gasteiger charge is 2.35. The molecule has 0 radical (unpaired) electrons. The van der Waals surface area contributed by atoms with E-state index in [1.54, 1.807) is 30.2 Å². The first kappa shape index (κ1) is 21.0. The van der Waals surface area contributed by atoms with Gasteiger partial charge in [0.05, 0.1) is 18.9 Å². The second kappa shape index (κ2) is 8.50. The first-order chi connectivity index (χ1) is 14.8. The van der Waals surface area contributed by atoms with Crippen molar-refractivity contribution in [2.45, 2.75) is 6.18 Å². The molecule has 0 saturated carbocycles. The minimum atomic E-state index is -4.47. The molecule has 1 aliphatic heterocycles. The summed E-state index contributed by atoms with van der Waals surface area (Å²) in [6.45, 7) is 2.55. The van der Waals surface area contributed by atoms with Gasteiger partial charge in [-0.15, -0.1) is 0 Å². The molecule has 2 heterocycles. The number of anilines is 3. The van der Waals surface area contributed by atoms with Crippen molar-refractivity contribution in [3.63, 3.8) is 0 Å². The van der Waals surface area contributed by atoms with Gasteiger partial charge in [-0.3, -0.25) is 0 Å². The van der Waals surface area contributed by atoms with E-state index >= 15 is 0 Å². The summed E-state index contributed by atoms with van der Waals surface area (Å²) in [6.07, 6.45) is -2.96. The first-order valence-corrected chi connectivity index (χ1v) is 9.85. The highest BCUT2D eigenvalue weighted by molar-refractivity contribution is 5.66. The summed E-state index contributed by atoms with van der Waals surface area (Å²) in [4.78, 5) is 8.02. The molecule has 1 aliphatic rings. The predicted octanol–water partition coefficient (Wildman–Crippen LogP) is 4.86. The topological polar surface area (TPSA) is 53.8 Å². The minimum Gasteiger partial charge on any atom is -0.497 e. The van der Waals surface area contributed by atoms with Crippen LogP contribution in [-0.4, -0.2) is 50.2 Å². The quantitative estimate of drug-likeness (QED) is 0.621. The number of nitrogens with zero attached hydrogens (tertiary/aromatic N) is 3. The van der Waals surface area contributed by atoms with Crippen LogP contribution in [0.4, 0.5) is 30.6 Å². The number of ether oxygens (including phenoxy) is 1. The molecule has 2 aromatic carbocycles. The molecule has 0 spiro atoms. The molecule has 1 fully saturated rings. The van der Waals surface area contributed by atoms with Crippen molar-refractivity contribution in [3.8, 4) is 17.1 Å². The van der Waals surface area contributed by atoms with E-state index in [0.29, 0.717) is 24.6 Å². The average Bonchev–Trinajstić information content (AvgIpc) is 3.22. The lowest BCUT2D eigenvalue weighted by Gasteiger charge is -2.35. The van der Waals surface area contributed by atoms with Crippen LogP contribution in [0.1, 0.15) is 5.56 Å². The molecule has 1 aromatic heterocycles. The van der Waals surface area contributed by atoms with Crippen LogP contribution in [0.15, 0.2) is 53.1 Å². The first-order valence-electron chi connectivity index (χ1n) is 9.85. The Morgan fingerprint density at radius 2 is 1.84 bits per heavy atom. The molecule has 1 saturated heterocycles. The molecule has 0 bridgehead atoms. The molecule has 0 atom stereocenters. The predicted molar refractivity (Wildman–Crippen MR) is 113 cm³/mol. The number of aromatic nitrogens is 1. The van der Waals surface area contributed by atoms with Gasteiger partial charge >= 0.3 is 6.18 Å². The third-order valence-corrected chi connectivity index (χ3v) is 5.26. The monoisotopic (exact) mass is 432 g/mol. The number of oxazole rings is 1. The molecule has 9 heteroatoms. The van der Waals surface area contributed by atoms with Crippen LogP contribution in [0, 0.1) is 0 Å². The number of methoxy groups -OCH3 is 1. The van der Waals surface area contributed by atoms with Crippen molar-refractivity contribution in [1.29, 1.82) is 0 Å². The number of rotatable bonds is 5. The lowest BCUT2D eigenvalue weighted by Crippen LogP contribution is -2.45. The number of hydrogen-bond donors (Lipinski definition) is 1. The van der Waals surface area contributed by atoms with E-state index < -0.39 is 11.7 Å². The van der Waals surface area contributed by atoms with Crippen molar-refractivity contribution >= 4 is 17.4 Å². The van der Waals surface area contributed by atoms with E-state index in [1.807, 2.05) is 19.2 Å². The Morgan fingerprint density at radius 1 is 1.06 bits per heavy atom. The molecular formula is C22H23F3N4O2. The Hall–Kier alpha value is -3.20. The van der Waals surface area contributed by atoms with E-state index in [0.717, 1.165) is 24.7 Å². The zero-order chi connectivity index (χ0) is 22.0. The van der Waals surface area contributed by atoms with E-state index in [1.165, 1.54) is 12.3 Å². The molecule has 6 nitrogen and oxygen atoms in total. The molecule has 4 rings (SSSR count). The summed E-state index contributed by atoms with van der Waals surface area (Å²) < 4.78 is 52.2. The van der Waals surface area contributed by atoms with Crippen LogP contribution in [0.2, 0.25) is 0 Å². The minimum absolute atomic E-state index is 0.110. The molecule has 0 aliphatic carbocycles. The number of hydrogen-bond acceptors (Lipinski definition) is 6. The van der Waals surface area contributed by atoms with Gasteiger partial charge in [0.2, 0.25) is 0 Å². The Balaban J connectivity index is 1.57. The second-order valence-electron chi connectivity index (χ2n) is 7.41. The highest BCUT2D eigenvalue weighted by Crippen LogP contribution is 2.39. The summed E-state index contributed by atoms with van der Waals surface area (Å²) in [7, 11) is 3.53. The van der Waals surface area contributed by atoms with Gasteiger partial charge in [-0.25, -0.2) is 4.98 Å². The number of halogens is 3. The Morgan fingerprint density at radius 3 is 2.55 bits per heavy atom. The molecule has 0 amide bonds. The van der Waals surface area contributed by atoms with E-state index in [4.69, 9.17) is 9.15 Å². The average molecular weight is 432 g/mol. The smallest absolute Gasteiger partial charge is 0.418 e. The second-order valence-corrected chi connectivity index (χ2v) is 7.41. The fourth-order valence-electron chi connectivity index (χ4n) is 3.53. The molecular weight excluding hydrogens is 409 g/mol. The third kappa shape index (κ3) is 4.77. The number of benzene rings is 2.